The molecule has 0 saturated heterocycles. The molecular formula is C10H14N2O3. The summed E-state index contributed by atoms with van der Waals surface area (Å²) < 4.78 is 5.08. The van der Waals surface area contributed by atoms with Crippen LogP contribution in [0.4, 0.5) is 0 Å². The predicted molar refractivity (Wildman–Crippen MR) is 55.3 cm³/mol. The zero-order chi connectivity index (χ0) is 11.5. The maximum Gasteiger partial charge on any atom is 0.329 e. The summed E-state index contributed by atoms with van der Waals surface area (Å²) in [6.45, 7) is 1.48. The van der Waals surface area contributed by atoms with E-state index in [4.69, 9.17) is 15.7 Å². The zero-order valence-electron chi connectivity index (χ0n) is 8.65. The van der Waals surface area contributed by atoms with Crippen molar-refractivity contribution in [3.8, 4) is 5.75 Å². The highest BCUT2D eigenvalue weighted by Crippen LogP contribution is 2.29. The molecule has 0 saturated carbocycles. The molecule has 0 aliphatic carbocycles. The lowest BCUT2D eigenvalue weighted by atomic mass is 9.92. The number of rotatable bonds is 4. The molecule has 0 aliphatic heterocycles. The third-order valence-corrected chi connectivity index (χ3v) is 2.36. The van der Waals surface area contributed by atoms with Crippen molar-refractivity contribution in [2.24, 2.45) is 5.84 Å². The van der Waals surface area contributed by atoms with Gasteiger partial charge in [-0.05, 0) is 13.0 Å². The molecule has 0 fully saturated rings. The van der Waals surface area contributed by atoms with Gasteiger partial charge in [0.15, 0.2) is 5.54 Å². The third kappa shape index (κ3) is 1.93. The van der Waals surface area contributed by atoms with Gasteiger partial charge in [0.2, 0.25) is 0 Å². The van der Waals surface area contributed by atoms with Crippen LogP contribution < -0.4 is 16.0 Å². The molecule has 0 aliphatic rings. The molecule has 1 aromatic rings. The highest BCUT2D eigenvalue weighted by Gasteiger charge is 2.36. The van der Waals surface area contributed by atoms with E-state index in [2.05, 4.69) is 5.43 Å². The second-order valence-electron chi connectivity index (χ2n) is 3.27. The second kappa shape index (κ2) is 4.29. The van der Waals surface area contributed by atoms with Crippen LogP contribution in [0.5, 0.6) is 5.75 Å². The van der Waals surface area contributed by atoms with E-state index in [0.717, 1.165) is 0 Å². The van der Waals surface area contributed by atoms with Crippen molar-refractivity contribution in [2.75, 3.05) is 7.11 Å². The maximum absolute atomic E-state index is 11.1. The van der Waals surface area contributed by atoms with Gasteiger partial charge in [0, 0.05) is 5.56 Å². The van der Waals surface area contributed by atoms with E-state index in [0.29, 0.717) is 11.3 Å². The average Bonchev–Trinajstić information content (AvgIpc) is 2.27. The number of para-hydroxylation sites is 1. The minimum atomic E-state index is -1.35. The smallest absolute Gasteiger partial charge is 0.329 e. The van der Waals surface area contributed by atoms with Gasteiger partial charge in [0.05, 0.1) is 7.11 Å². The van der Waals surface area contributed by atoms with E-state index in [1.54, 1.807) is 24.3 Å². The Morgan fingerprint density at radius 1 is 1.53 bits per heavy atom. The number of hydrogen-bond donors (Lipinski definition) is 3. The molecule has 0 spiro atoms. The van der Waals surface area contributed by atoms with Crippen LogP contribution in [0.2, 0.25) is 0 Å². The fraction of sp³-hybridized carbons (Fsp3) is 0.300. The van der Waals surface area contributed by atoms with E-state index in [1.165, 1.54) is 14.0 Å². The third-order valence-electron chi connectivity index (χ3n) is 2.36. The lowest BCUT2D eigenvalue weighted by Gasteiger charge is -2.25. The number of nitrogens with one attached hydrogen (secondary N) is 1. The number of hydrazine groups is 1. The van der Waals surface area contributed by atoms with Crippen LogP contribution in [0.25, 0.3) is 0 Å². The largest absolute Gasteiger partial charge is 0.496 e. The minimum absolute atomic E-state index is 0.486. The summed E-state index contributed by atoms with van der Waals surface area (Å²) in [6, 6.07) is 6.85. The molecule has 1 rings (SSSR count). The zero-order valence-corrected chi connectivity index (χ0v) is 8.65. The first kappa shape index (κ1) is 11.5. The van der Waals surface area contributed by atoms with Gasteiger partial charge >= 0.3 is 5.97 Å². The fourth-order valence-corrected chi connectivity index (χ4v) is 1.31. The normalized spacial score (nSPS) is 14.3. The summed E-state index contributed by atoms with van der Waals surface area (Å²) >= 11 is 0. The molecule has 5 nitrogen and oxygen atoms in total. The molecule has 1 atom stereocenters. The Balaban J connectivity index is 3.29. The molecule has 5 heteroatoms. The number of carboxylic acids is 1. The average molecular weight is 210 g/mol. The minimum Gasteiger partial charge on any atom is -0.496 e. The Morgan fingerprint density at radius 2 is 2.13 bits per heavy atom. The van der Waals surface area contributed by atoms with Crippen LogP contribution in [0, 0.1) is 0 Å². The van der Waals surface area contributed by atoms with E-state index < -0.39 is 11.5 Å². The molecule has 1 aromatic carbocycles. The molecule has 0 heterocycles. The van der Waals surface area contributed by atoms with Crippen molar-refractivity contribution >= 4 is 5.97 Å². The van der Waals surface area contributed by atoms with E-state index in [-0.39, 0.29) is 0 Å². The van der Waals surface area contributed by atoms with Gasteiger partial charge < -0.3 is 9.84 Å². The summed E-state index contributed by atoms with van der Waals surface area (Å²) in [6.07, 6.45) is 0. The highest BCUT2D eigenvalue weighted by molar-refractivity contribution is 5.81. The Morgan fingerprint density at radius 3 is 2.60 bits per heavy atom. The standard InChI is InChI=1S/C10H14N2O3/c1-10(12-11,9(13)14)7-5-3-4-6-8(7)15-2/h3-6,12H,11H2,1-2H3,(H,13,14). The molecule has 0 amide bonds. The first-order valence-corrected chi connectivity index (χ1v) is 4.41. The second-order valence-corrected chi connectivity index (χ2v) is 3.27. The first-order valence-electron chi connectivity index (χ1n) is 4.41. The number of hydrogen-bond acceptors (Lipinski definition) is 4. The van der Waals surface area contributed by atoms with Crippen molar-refractivity contribution in [3.05, 3.63) is 29.8 Å². The van der Waals surface area contributed by atoms with Crippen molar-refractivity contribution in [3.63, 3.8) is 0 Å². The topological polar surface area (TPSA) is 84.6 Å². The molecule has 0 radical (unpaired) electrons. The van der Waals surface area contributed by atoms with Gasteiger partial charge in [-0.15, -0.1) is 0 Å². The first-order chi connectivity index (χ1) is 7.06. The summed E-state index contributed by atoms with van der Waals surface area (Å²) in [5.74, 6) is 4.70. The molecule has 1 unspecified atom stereocenters. The molecule has 82 valence electrons. The molecule has 15 heavy (non-hydrogen) atoms. The van der Waals surface area contributed by atoms with Crippen LogP contribution in [0.1, 0.15) is 12.5 Å². The summed E-state index contributed by atoms with van der Waals surface area (Å²) in [7, 11) is 1.48. The Bertz CT molecular complexity index is 367. The maximum atomic E-state index is 11.1. The summed E-state index contributed by atoms with van der Waals surface area (Å²) in [5.41, 5.74) is 1.42. The number of ether oxygens (including phenoxy) is 1. The van der Waals surface area contributed by atoms with Gasteiger partial charge in [-0.2, -0.15) is 0 Å². The van der Waals surface area contributed by atoms with E-state index >= 15 is 0 Å². The van der Waals surface area contributed by atoms with Gasteiger partial charge in [0.25, 0.3) is 0 Å². The number of methoxy groups -OCH3 is 1. The van der Waals surface area contributed by atoms with Crippen LogP contribution in [-0.2, 0) is 10.3 Å². The van der Waals surface area contributed by atoms with Gasteiger partial charge in [-0.25, -0.2) is 10.2 Å². The molecule has 0 bridgehead atoms. The Labute approximate surface area is 87.8 Å². The number of carboxylic acid groups (broad SMARTS) is 1. The van der Waals surface area contributed by atoms with E-state index in [9.17, 15) is 4.79 Å². The van der Waals surface area contributed by atoms with Crippen LogP contribution >= 0.6 is 0 Å². The summed E-state index contributed by atoms with van der Waals surface area (Å²) in [4.78, 5) is 11.1. The van der Waals surface area contributed by atoms with Gasteiger partial charge in [-0.1, -0.05) is 18.2 Å². The number of carbonyl (C=O) groups is 1. The number of benzene rings is 1. The van der Waals surface area contributed by atoms with E-state index in [1.807, 2.05) is 0 Å². The highest BCUT2D eigenvalue weighted by atomic mass is 16.5. The van der Waals surface area contributed by atoms with Crippen LogP contribution in [-0.4, -0.2) is 18.2 Å². The molecule has 0 aromatic heterocycles. The van der Waals surface area contributed by atoms with Gasteiger partial charge in [-0.3, -0.25) is 5.84 Å². The Kier molecular flexibility index (Phi) is 3.28. The van der Waals surface area contributed by atoms with Gasteiger partial charge in [0.1, 0.15) is 5.75 Å². The van der Waals surface area contributed by atoms with Crippen molar-refractivity contribution in [2.45, 2.75) is 12.5 Å². The summed E-state index contributed by atoms with van der Waals surface area (Å²) in [5, 5.41) is 9.11. The van der Waals surface area contributed by atoms with Crippen LogP contribution in [0.3, 0.4) is 0 Å². The predicted octanol–water partition coefficient (Wildman–Crippen LogP) is 0.458. The molecular weight excluding hydrogens is 196 g/mol. The van der Waals surface area contributed by atoms with Crippen LogP contribution in [0.15, 0.2) is 24.3 Å². The monoisotopic (exact) mass is 210 g/mol. The quantitative estimate of drug-likeness (QED) is 0.496. The lowest BCUT2D eigenvalue weighted by molar-refractivity contribution is -0.144. The SMILES string of the molecule is COc1ccccc1C(C)(NN)C(=O)O. The fourth-order valence-electron chi connectivity index (χ4n) is 1.31. The lowest BCUT2D eigenvalue weighted by Crippen LogP contribution is -2.50. The Hall–Kier alpha value is -1.59. The number of nitrogens with two attached hydrogens (primary N) is 1. The van der Waals surface area contributed by atoms with Crippen molar-refractivity contribution < 1.29 is 14.6 Å². The van der Waals surface area contributed by atoms with Crippen molar-refractivity contribution in [1.82, 2.24) is 5.43 Å². The number of aliphatic carboxylic acids is 1. The van der Waals surface area contributed by atoms with Crippen molar-refractivity contribution in [1.29, 1.82) is 0 Å². The molecule has 4 N–H and O–H groups in total.